The maximum atomic E-state index is 12.7. The van der Waals surface area contributed by atoms with Crippen molar-refractivity contribution in [1.29, 1.82) is 0 Å². The molecule has 0 aromatic carbocycles. The number of nitrogens with one attached hydrogen (secondary N) is 1. The molecule has 2 heterocycles. The molecule has 12 nitrogen and oxygen atoms in total. The summed E-state index contributed by atoms with van der Waals surface area (Å²) in [5.41, 5.74) is 10.5. The van der Waals surface area contributed by atoms with Gasteiger partial charge in [0, 0.05) is 39.3 Å². The van der Waals surface area contributed by atoms with E-state index in [2.05, 4.69) is 10.3 Å². The highest BCUT2D eigenvalue weighted by Gasteiger charge is 2.55. The Hall–Kier alpha value is -3.05. The molecule has 0 aromatic rings. The molecule has 30 heavy (non-hydrogen) atoms. The van der Waals surface area contributed by atoms with Crippen LogP contribution in [-0.4, -0.2) is 95.0 Å². The van der Waals surface area contributed by atoms with E-state index in [1.165, 1.54) is 4.90 Å². The highest BCUT2D eigenvalue weighted by molar-refractivity contribution is 6.07. The van der Waals surface area contributed by atoms with Crippen molar-refractivity contribution >= 4 is 29.9 Å². The molecule has 2 rings (SSSR count). The number of amides is 5. The largest absolute Gasteiger partial charge is 0.480 e. The van der Waals surface area contributed by atoms with Crippen LogP contribution in [0.1, 0.15) is 33.6 Å². The van der Waals surface area contributed by atoms with Gasteiger partial charge in [0.1, 0.15) is 0 Å². The second-order valence-corrected chi connectivity index (χ2v) is 6.64. The zero-order valence-electron chi connectivity index (χ0n) is 17.8. The summed E-state index contributed by atoms with van der Waals surface area (Å²) in [5.74, 6) is -2.57. The Bertz CT molecular complexity index is 657. The lowest BCUT2D eigenvalue weighted by Crippen LogP contribution is -2.69. The lowest BCUT2D eigenvalue weighted by atomic mass is 9.84. The monoisotopic (exact) mass is 427 g/mol. The number of carboxylic acid groups (broad SMARTS) is 1. The fourth-order valence-corrected chi connectivity index (χ4v) is 3.36. The van der Waals surface area contributed by atoms with Crippen molar-refractivity contribution in [3.05, 3.63) is 0 Å². The molecule has 1 unspecified atom stereocenters. The molecule has 2 atom stereocenters. The first kappa shape index (κ1) is 25.0. The Kier molecular flexibility index (Phi) is 9.85. The van der Waals surface area contributed by atoms with Gasteiger partial charge in [-0.2, -0.15) is 0 Å². The molecule has 0 spiro atoms. The average Bonchev–Trinajstić information content (AvgIpc) is 2.72. The van der Waals surface area contributed by atoms with Gasteiger partial charge >= 0.3 is 18.0 Å². The van der Waals surface area contributed by atoms with Crippen LogP contribution in [-0.2, 0) is 9.59 Å². The predicted octanol–water partition coefficient (Wildman–Crippen LogP) is -0.555. The number of piperazine rings is 1. The minimum Gasteiger partial charge on any atom is -0.480 e. The van der Waals surface area contributed by atoms with Gasteiger partial charge in [0.25, 0.3) is 0 Å². The molecular formula is C18H33N7O5. The maximum Gasteiger partial charge on any atom is 0.327 e. The zero-order valence-corrected chi connectivity index (χ0v) is 17.8. The number of aliphatic imine (C=N–C) groups is 1. The molecule has 0 saturated carbocycles. The highest BCUT2D eigenvalue weighted by Crippen LogP contribution is 2.32. The van der Waals surface area contributed by atoms with E-state index in [4.69, 9.17) is 11.5 Å². The Morgan fingerprint density at radius 3 is 2.20 bits per heavy atom. The molecule has 0 bridgehead atoms. The average molecular weight is 428 g/mol. The van der Waals surface area contributed by atoms with Crippen molar-refractivity contribution in [2.75, 3.05) is 39.3 Å². The number of guanidine groups is 1. The summed E-state index contributed by atoms with van der Waals surface area (Å²) in [5, 5.41) is 12.2. The van der Waals surface area contributed by atoms with Crippen LogP contribution in [0.5, 0.6) is 0 Å². The van der Waals surface area contributed by atoms with Gasteiger partial charge in [-0.15, -0.1) is 0 Å². The summed E-state index contributed by atoms with van der Waals surface area (Å²) in [7, 11) is 0. The summed E-state index contributed by atoms with van der Waals surface area (Å²) in [6.07, 6.45) is 0.715. The van der Waals surface area contributed by atoms with Crippen molar-refractivity contribution in [3.8, 4) is 0 Å². The molecule has 170 valence electrons. The summed E-state index contributed by atoms with van der Waals surface area (Å²) in [6.45, 7) is 7.72. The van der Waals surface area contributed by atoms with Gasteiger partial charge in [-0.1, -0.05) is 13.8 Å². The van der Waals surface area contributed by atoms with Crippen LogP contribution < -0.4 is 16.8 Å². The van der Waals surface area contributed by atoms with E-state index in [1.54, 1.807) is 4.90 Å². The Balaban J connectivity index is 0.00000218. The number of carbonyl (C=O) groups is 4. The van der Waals surface area contributed by atoms with Crippen LogP contribution in [0.4, 0.5) is 9.59 Å². The van der Waals surface area contributed by atoms with Crippen LogP contribution in [0, 0.1) is 5.92 Å². The normalized spacial score (nSPS) is 20.5. The number of aliphatic carboxylic acids is 1. The number of rotatable bonds is 6. The van der Waals surface area contributed by atoms with E-state index in [1.807, 2.05) is 20.8 Å². The Labute approximate surface area is 176 Å². The van der Waals surface area contributed by atoms with E-state index < -0.39 is 29.9 Å². The van der Waals surface area contributed by atoms with Gasteiger partial charge < -0.3 is 31.7 Å². The summed E-state index contributed by atoms with van der Waals surface area (Å²) >= 11 is 0. The van der Waals surface area contributed by atoms with Crippen molar-refractivity contribution in [2.45, 2.75) is 39.7 Å². The van der Waals surface area contributed by atoms with E-state index in [0.29, 0.717) is 26.1 Å². The highest BCUT2D eigenvalue weighted by atomic mass is 16.4. The van der Waals surface area contributed by atoms with Crippen molar-refractivity contribution < 1.29 is 24.3 Å². The SMILES string of the molecule is CC.CCNC(=O)N1CCN(C(=O)N2C(=O)[C@H](CCCN=C(N)N)C2C(=O)O)CC1. The lowest BCUT2D eigenvalue weighted by molar-refractivity contribution is -0.167. The molecule has 2 aliphatic heterocycles. The first-order valence-electron chi connectivity index (χ1n) is 10.2. The summed E-state index contributed by atoms with van der Waals surface area (Å²) in [6, 6.07) is -2.03. The molecule has 6 N–H and O–H groups in total. The number of hydrogen-bond donors (Lipinski definition) is 4. The lowest BCUT2D eigenvalue weighted by Gasteiger charge is -2.46. The second kappa shape index (κ2) is 11.8. The smallest absolute Gasteiger partial charge is 0.327 e. The number of carbonyl (C=O) groups excluding carboxylic acids is 3. The summed E-state index contributed by atoms with van der Waals surface area (Å²) in [4.78, 5) is 56.1. The van der Waals surface area contributed by atoms with Crippen LogP contribution in [0.3, 0.4) is 0 Å². The first-order chi connectivity index (χ1) is 14.3. The third kappa shape index (κ3) is 5.97. The number of imide groups is 1. The molecule has 0 radical (unpaired) electrons. The standard InChI is InChI=1S/C16H27N7O5.C2H6/c1-2-19-15(27)21-6-8-22(9-7-21)16(28)23-11(13(25)26)10(12(23)24)4-3-5-20-14(17)18;1-2/h10-11H,2-9H2,1H3,(H,19,27)(H,25,26)(H4,17,18,20);1-2H3/t10-,11?;/m1./s1. The number of β-lactam (4-membered cyclic amide) rings is 1. The molecule has 2 saturated heterocycles. The molecule has 0 aliphatic carbocycles. The van der Waals surface area contributed by atoms with Gasteiger partial charge in [-0.05, 0) is 19.8 Å². The molecule has 0 aromatic heterocycles. The van der Waals surface area contributed by atoms with E-state index >= 15 is 0 Å². The number of nitrogens with zero attached hydrogens (tertiary/aromatic N) is 4. The molecule has 12 heteroatoms. The molecule has 2 aliphatic rings. The van der Waals surface area contributed by atoms with Gasteiger partial charge in [-0.3, -0.25) is 9.79 Å². The molecule has 5 amide bonds. The van der Waals surface area contributed by atoms with Crippen molar-refractivity contribution in [1.82, 2.24) is 20.0 Å². The number of nitrogens with two attached hydrogens (primary N) is 2. The predicted molar refractivity (Wildman–Crippen MR) is 111 cm³/mol. The van der Waals surface area contributed by atoms with Crippen molar-refractivity contribution in [3.63, 3.8) is 0 Å². The fourth-order valence-electron chi connectivity index (χ4n) is 3.36. The van der Waals surface area contributed by atoms with Crippen LogP contribution >= 0.6 is 0 Å². The second-order valence-electron chi connectivity index (χ2n) is 6.64. The van der Waals surface area contributed by atoms with Crippen LogP contribution in [0.15, 0.2) is 4.99 Å². The molecular weight excluding hydrogens is 394 g/mol. The van der Waals surface area contributed by atoms with Crippen molar-refractivity contribution in [2.24, 2.45) is 22.4 Å². The van der Waals surface area contributed by atoms with Gasteiger partial charge in [0.2, 0.25) is 5.91 Å². The minimum atomic E-state index is -1.22. The van der Waals surface area contributed by atoms with E-state index in [9.17, 15) is 24.3 Å². The fraction of sp³-hybridized carbons (Fsp3) is 0.722. The number of hydrogen-bond acceptors (Lipinski definition) is 5. The summed E-state index contributed by atoms with van der Waals surface area (Å²) < 4.78 is 0. The van der Waals surface area contributed by atoms with Gasteiger partial charge in [0.15, 0.2) is 12.0 Å². The van der Waals surface area contributed by atoms with E-state index in [-0.39, 0.29) is 38.0 Å². The quantitative estimate of drug-likeness (QED) is 0.190. The molecule has 2 fully saturated rings. The number of urea groups is 2. The van der Waals surface area contributed by atoms with Crippen LogP contribution in [0.25, 0.3) is 0 Å². The van der Waals surface area contributed by atoms with Gasteiger partial charge in [-0.25, -0.2) is 19.3 Å². The minimum absolute atomic E-state index is 0.0710. The zero-order chi connectivity index (χ0) is 22.8. The Morgan fingerprint density at radius 2 is 1.70 bits per heavy atom. The Morgan fingerprint density at radius 1 is 1.13 bits per heavy atom. The third-order valence-electron chi connectivity index (χ3n) is 4.81. The van der Waals surface area contributed by atoms with E-state index in [0.717, 1.165) is 4.90 Å². The number of carboxylic acids is 1. The maximum absolute atomic E-state index is 12.7. The van der Waals surface area contributed by atoms with Gasteiger partial charge in [0.05, 0.1) is 5.92 Å². The topological polar surface area (TPSA) is 175 Å². The third-order valence-corrected chi connectivity index (χ3v) is 4.81. The van der Waals surface area contributed by atoms with Crippen LogP contribution in [0.2, 0.25) is 0 Å². The first-order valence-corrected chi connectivity index (χ1v) is 10.2. The number of likely N-dealkylation sites (tertiary alicyclic amines) is 1.